The van der Waals surface area contributed by atoms with Gasteiger partial charge in [0.2, 0.25) is 0 Å². The highest BCUT2D eigenvalue weighted by Gasteiger charge is 2.18. The first-order chi connectivity index (χ1) is 11.1. The van der Waals surface area contributed by atoms with Crippen LogP contribution in [0.3, 0.4) is 0 Å². The maximum absolute atomic E-state index is 12.2. The van der Waals surface area contributed by atoms with Crippen molar-refractivity contribution in [3.05, 3.63) is 70.4 Å². The molecule has 0 saturated carbocycles. The molecule has 3 rings (SSSR count). The summed E-state index contributed by atoms with van der Waals surface area (Å²) in [5, 5.41) is 1.39. The molecule has 2 amide bonds. The van der Waals surface area contributed by atoms with Gasteiger partial charge in [-0.1, -0.05) is 29.8 Å². The fraction of sp³-hybridized carbons (Fsp3) is 0.0588. The van der Waals surface area contributed by atoms with E-state index in [4.69, 9.17) is 16.0 Å². The molecule has 5 nitrogen and oxygen atoms in total. The van der Waals surface area contributed by atoms with Crippen molar-refractivity contribution in [3.8, 4) is 0 Å². The summed E-state index contributed by atoms with van der Waals surface area (Å²) in [5.74, 6) is -0.785. The molecular formula is C17H13ClN2O3. The van der Waals surface area contributed by atoms with E-state index in [0.29, 0.717) is 16.2 Å². The van der Waals surface area contributed by atoms with E-state index in [0.717, 1.165) is 10.9 Å². The van der Waals surface area contributed by atoms with Gasteiger partial charge in [0.25, 0.3) is 5.91 Å². The van der Waals surface area contributed by atoms with Gasteiger partial charge < -0.3 is 4.42 Å². The monoisotopic (exact) mass is 328 g/mol. The Hall–Kier alpha value is -2.79. The van der Waals surface area contributed by atoms with E-state index in [1.165, 1.54) is 0 Å². The number of carbonyl (C=O) groups is 2. The van der Waals surface area contributed by atoms with Crippen LogP contribution >= 0.6 is 11.6 Å². The van der Waals surface area contributed by atoms with E-state index in [1.807, 2.05) is 18.2 Å². The first-order valence-electron chi connectivity index (χ1n) is 6.90. The molecule has 1 heterocycles. The van der Waals surface area contributed by atoms with Crippen molar-refractivity contribution in [2.75, 3.05) is 0 Å². The molecule has 6 heteroatoms. The zero-order chi connectivity index (χ0) is 16.4. The number of hydrazine groups is 1. The second kappa shape index (κ2) is 6.14. The Morgan fingerprint density at radius 3 is 2.30 bits per heavy atom. The molecule has 3 aromatic rings. The maximum atomic E-state index is 12.2. The summed E-state index contributed by atoms with van der Waals surface area (Å²) in [7, 11) is 0. The van der Waals surface area contributed by atoms with E-state index in [9.17, 15) is 9.59 Å². The van der Waals surface area contributed by atoms with Gasteiger partial charge in [-0.15, -0.1) is 0 Å². The first-order valence-corrected chi connectivity index (χ1v) is 7.28. The van der Waals surface area contributed by atoms with Gasteiger partial charge in [-0.25, -0.2) is 0 Å². The van der Waals surface area contributed by atoms with Crippen LogP contribution in [0.4, 0.5) is 0 Å². The van der Waals surface area contributed by atoms with Crippen molar-refractivity contribution in [1.82, 2.24) is 10.9 Å². The molecule has 0 spiro atoms. The molecule has 0 unspecified atom stereocenters. The Balaban J connectivity index is 1.72. The quantitative estimate of drug-likeness (QED) is 0.708. The number of amides is 2. The number of para-hydroxylation sites is 1. The van der Waals surface area contributed by atoms with Crippen molar-refractivity contribution >= 4 is 34.4 Å². The fourth-order valence-corrected chi connectivity index (χ4v) is 2.36. The molecule has 23 heavy (non-hydrogen) atoms. The third kappa shape index (κ3) is 3.05. The molecule has 0 aliphatic heterocycles. The molecule has 0 aliphatic carbocycles. The molecule has 2 aromatic carbocycles. The van der Waals surface area contributed by atoms with Gasteiger partial charge in [0.1, 0.15) is 5.58 Å². The molecule has 0 radical (unpaired) electrons. The number of benzene rings is 2. The lowest BCUT2D eigenvalue weighted by atomic mass is 10.1. The maximum Gasteiger partial charge on any atom is 0.305 e. The van der Waals surface area contributed by atoms with Crippen molar-refractivity contribution in [2.24, 2.45) is 0 Å². The summed E-state index contributed by atoms with van der Waals surface area (Å²) in [6.07, 6.45) is 0. The molecule has 116 valence electrons. The lowest BCUT2D eigenvalue weighted by Gasteiger charge is -2.06. The number of halogens is 1. The Labute approximate surface area is 137 Å². The largest absolute Gasteiger partial charge is 0.451 e. The summed E-state index contributed by atoms with van der Waals surface area (Å²) in [6.45, 7) is 1.79. The third-order valence-electron chi connectivity index (χ3n) is 3.45. The molecule has 0 aliphatic rings. The molecule has 0 fully saturated rings. The Morgan fingerprint density at radius 1 is 0.957 bits per heavy atom. The number of fused-ring (bicyclic) bond motifs is 1. The van der Waals surface area contributed by atoms with E-state index >= 15 is 0 Å². The highest BCUT2D eigenvalue weighted by atomic mass is 35.5. The lowest BCUT2D eigenvalue weighted by Crippen LogP contribution is -2.41. The zero-order valence-corrected chi connectivity index (χ0v) is 13.0. The summed E-state index contributed by atoms with van der Waals surface area (Å²) in [5.41, 5.74) is 6.43. The van der Waals surface area contributed by atoms with Crippen LogP contribution in [-0.4, -0.2) is 11.8 Å². The minimum atomic E-state index is -0.513. The number of furan rings is 1. The highest BCUT2D eigenvalue weighted by Crippen LogP contribution is 2.24. The topological polar surface area (TPSA) is 71.3 Å². The minimum Gasteiger partial charge on any atom is -0.451 e. The average Bonchev–Trinajstić information content (AvgIpc) is 2.90. The standard InChI is InChI=1S/C17H13ClN2O3/c1-10-13-4-2-3-5-14(13)23-15(10)17(22)20-19-16(21)11-6-8-12(18)9-7-11/h2-9H,1H3,(H,19,21)(H,20,22). The minimum absolute atomic E-state index is 0.169. The van der Waals surface area contributed by atoms with Gasteiger partial charge in [-0.3, -0.25) is 20.4 Å². The molecule has 0 bridgehead atoms. The van der Waals surface area contributed by atoms with Gasteiger partial charge in [-0.05, 0) is 37.3 Å². The fourth-order valence-electron chi connectivity index (χ4n) is 2.23. The molecule has 0 saturated heterocycles. The Morgan fingerprint density at radius 2 is 1.61 bits per heavy atom. The van der Waals surface area contributed by atoms with Crippen LogP contribution in [-0.2, 0) is 0 Å². The lowest BCUT2D eigenvalue weighted by molar-refractivity contribution is 0.0831. The number of rotatable bonds is 2. The average molecular weight is 329 g/mol. The van der Waals surface area contributed by atoms with E-state index in [1.54, 1.807) is 37.3 Å². The normalized spacial score (nSPS) is 10.5. The number of hydrogen-bond acceptors (Lipinski definition) is 3. The van der Waals surface area contributed by atoms with Crippen LogP contribution in [0.5, 0.6) is 0 Å². The SMILES string of the molecule is Cc1c(C(=O)NNC(=O)c2ccc(Cl)cc2)oc2ccccc12. The predicted octanol–water partition coefficient (Wildman–Crippen LogP) is 3.47. The molecular weight excluding hydrogens is 316 g/mol. The first kappa shape index (κ1) is 15.1. The second-order valence-electron chi connectivity index (χ2n) is 4.97. The highest BCUT2D eigenvalue weighted by molar-refractivity contribution is 6.30. The van der Waals surface area contributed by atoms with Gasteiger partial charge in [-0.2, -0.15) is 0 Å². The second-order valence-corrected chi connectivity index (χ2v) is 5.40. The zero-order valence-electron chi connectivity index (χ0n) is 12.2. The Bertz CT molecular complexity index is 884. The van der Waals surface area contributed by atoms with Crippen LogP contribution in [0.1, 0.15) is 26.5 Å². The summed E-state index contributed by atoms with van der Waals surface area (Å²) in [4.78, 5) is 24.1. The van der Waals surface area contributed by atoms with Crippen LogP contribution in [0.15, 0.2) is 52.9 Å². The molecule has 2 N–H and O–H groups in total. The van der Waals surface area contributed by atoms with Crippen LogP contribution in [0.25, 0.3) is 11.0 Å². The third-order valence-corrected chi connectivity index (χ3v) is 3.70. The van der Waals surface area contributed by atoms with Crippen LogP contribution in [0.2, 0.25) is 5.02 Å². The number of hydrogen-bond donors (Lipinski definition) is 2. The smallest absolute Gasteiger partial charge is 0.305 e. The number of aryl methyl sites for hydroxylation is 1. The van der Waals surface area contributed by atoms with Crippen molar-refractivity contribution in [2.45, 2.75) is 6.92 Å². The molecule has 0 atom stereocenters. The Kier molecular flexibility index (Phi) is 4.04. The van der Waals surface area contributed by atoms with Gasteiger partial charge in [0, 0.05) is 21.5 Å². The number of nitrogens with one attached hydrogen (secondary N) is 2. The molecule has 1 aromatic heterocycles. The van der Waals surface area contributed by atoms with Gasteiger partial charge in [0.15, 0.2) is 5.76 Å². The van der Waals surface area contributed by atoms with Crippen LogP contribution < -0.4 is 10.9 Å². The summed E-state index contributed by atoms with van der Waals surface area (Å²) in [6, 6.07) is 13.7. The summed E-state index contributed by atoms with van der Waals surface area (Å²) >= 11 is 5.77. The van der Waals surface area contributed by atoms with Crippen LogP contribution in [0, 0.1) is 6.92 Å². The van der Waals surface area contributed by atoms with Gasteiger partial charge in [0.05, 0.1) is 0 Å². The summed E-state index contributed by atoms with van der Waals surface area (Å²) < 4.78 is 5.53. The van der Waals surface area contributed by atoms with Gasteiger partial charge >= 0.3 is 5.91 Å². The van der Waals surface area contributed by atoms with E-state index in [-0.39, 0.29) is 5.76 Å². The predicted molar refractivity (Wildman–Crippen MR) is 87.3 cm³/mol. The van der Waals surface area contributed by atoms with E-state index in [2.05, 4.69) is 10.9 Å². The van der Waals surface area contributed by atoms with Crippen molar-refractivity contribution in [3.63, 3.8) is 0 Å². The van der Waals surface area contributed by atoms with E-state index < -0.39 is 11.8 Å². The number of carbonyl (C=O) groups excluding carboxylic acids is 2. The van der Waals surface area contributed by atoms with Crippen molar-refractivity contribution in [1.29, 1.82) is 0 Å². The van der Waals surface area contributed by atoms with Crippen molar-refractivity contribution < 1.29 is 14.0 Å².